The lowest BCUT2D eigenvalue weighted by Gasteiger charge is -2.34. The van der Waals surface area contributed by atoms with Crippen molar-refractivity contribution in [3.05, 3.63) is 23.2 Å². The second-order valence-corrected chi connectivity index (χ2v) is 8.07. The van der Waals surface area contributed by atoms with E-state index in [9.17, 15) is 5.11 Å². The van der Waals surface area contributed by atoms with Crippen LogP contribution in [0.15, 0.2) is 18.2 Å². The first kappa shape index (κ1) is 18.1. The number of aliphatic hydroxyl groups excluding tert-OH is 1. The molecule has 0 fully saturated rings. The summed E-state index contributed by atoms with van der Waals surface area (Å²) in [6, 6.07) is 5.74. The SMILES string of the molecule is CCCCC1Nc2c(N)nc3cc(Cl)ccc3c2N1CC(C)(C)CO. The van der Waals surface area contributed by atoms with E-state index < -0.39 is 0 Å². The van der Waals surface area contributed by atoms with Crippen LogP contribution < -0.4 is 16.0 Å². The molecule has 2 aromatic rings. The van der Waals surface area contributed by atoms with E-state index in [0.29, 0.717) is 10.8 Å². The van der Waals surface area contributed by atoms with Gasteiger partial charge in [-0.2, -0.15) is 0 Å². The van der Waals surface area contributed by atoms with E-state index in [1.54, 1.807) is 0 Å². The minimum absolute atomic E-state index is 0.129. The van der Waals surface area contributed by atoms with E-state index in [4.69, 9.17) is 17.3 Å². The van der Waals surface area contributed by atoms with Gasteiger partial charge in [0.15, 0.2) is 0 Å². The molecule has 1 aromatic heterocycles. The van der Waals surface area contributed by atoms with Gasteiger partial charge in [0.2, 0.25) is 0 Å². The van der Waals surface area contributed by atoms with Crippen LogP contribution in [0.5, 0.6) is 0 Å². The maximum absolute atomic E-state index is 9.77. The summed E-state index contributed by atoms with van der Waals surface area (Å²) >= 11 is 6.14. The second kappa shape index (κ2) is 6.89. The van der Waals surface area contributed by atoms with E-state index in [1.165, 1.54) is 0 Å². The number of nitrogen functional groups attached to an aromatic ring is 1. The molecule has 0 saturated heterocycles. The smallest absolute Gasteiger partial charge is 0.149 e. The summed E-state index contributed by atoms with van der Waals surface area (Å²) in [6.45, 7) is 7.21. The Hall–Kier alpha value is -1.72. The van der Waals surface area contributed by atoms with Gasteiger partial charge in [0.05, 0.1) is 17.4 Å². The minimum Gasteiger partial charge on any atom is -0.396 e. The predicted octanol–water partition coefficient (Wildman–Crippen LogP) is 4.24. The molecular formula is C19H27ClN4O. The van der Waals surface area contributed by atoms with Gasteiger partial charge in [-0.05, 0) is 31.0 Å². The molecule has 2 heterocycles. The maximum atomic E-state index is 9.77. The van der Waals surface area contributed by atoms with Crippen LogP contribution in [0.2, 0.25) is 5.02 Å². The first-order chi connectivity index (χ1) is 11.9. The molecule has 0 aliphatic carbocycles. The highest BCUT2D eigenvalue weighted by Gasteiger charge is 2.35. The third kappa shape index (κ3) is 3.48. The Bertz CT molecular complexity index is 778. The number of nitrogens with one attached hydrogen (secondary N) is 1. The van der Waals surface area contributed by atoms with Gasteiger partial charge in [0.1, 0.15) is 11.5 Å². The Balaban J connectivity index is 2.12. The highest BCUT2D eigenvalue weighted by molar-refractivity contribution is 6.31. The summed E-state index contributed by atoms with van der Waals surface area (Å²) in [4.78, 5) is 6.87. The van der Waals surface area contributed by atoms with Crippen LogP contribution in [0, 0.1) is 5.41 Å². The van der Waals surface area contributed by atoms with Crippen LogP contribution in [-0.2, 0) is 0 Å². The molecule has 1 atom stereocenters. The van der Waals surface area contributed by atoms with E-state index in [0.717, 1.165) is 48.1 Å². The van der Waals surface area contributed by atoms with Crippen LogP contribution in [0.25, 0.3) is 10.9 Å². The number of benzene rings is 1. The molecule has 5 nitrogen and oxygen atoms in total. The fourth-order valence-electron chi connectivity index (χ4n) is 3.41. The fourth-order valence-corrected chi connectivity index (χ4v) is 3.57. The molecular weight excluding hydrogens is 336 g/mol. The average Bonchev–Trinajstić information content (AvgIpc) is 2.91. The summed E-state index contributed by atoms with van der Waals surface area (Å²) in [5, 5.41) is 15.0. The van der Waals surface area contributed by atoms with Gasteiger partial charge in [-0.25, -0.2) is 4.98 Å². The normalized spacial score (nSPS) is 17.0. The number of anilines is 3. The number of hydrogen-bond acceptors (Lipinski definition) is 5. The molecule has 0 amide bonds. The number of pyridine rings is 1. The molecule has 1 unspecified atom stereocenters. The van der Waals surface area contributed by atoms with Crippen molar-refractivity contribution in [2.24, 2.45) is 5.41 Å². The predicted molar refractivity (Wildman–Crippen MR) is 106 cm³/mol. The third-order valence-corrected chi connectivity index (χ3v) is 5.02. The number of hydrogen-bond donors (Lipinski definition) is 3. The van der Waals surface area contributed by atoms with E-state index in [1.807, 2.05) is 18.2 Å². The van der Waals surface area contributed by atoms with Crippen molar-refractivity contribution in [2.75, 3.05) is 29.1 Å². The molecule has 0 spiro atoms. The van der Waals surface area contributed by atoms with Gasteiger partial charge < -0.3 is 21.1 Å². The highest BCUT2D eigenvalue weighted by atomic mass is 35.5. The minimum atomic E-state index is -0.218. The number of fused-ring (bicyclic) bond motifs is 3. The van der Waals surface area contributed by atoms with Gasteiger partial charge in [-0.15, -0.1) is 0 Å². The number of nitrogens with two attached hydrogens (primary N) is 1. The summed E-state index contributed by atoms with van der Waals surface area (Å²) in [7, 11) is 0. The fraction of sp³-hybridized carbons (Fsp3) is 0.526. The summed E-state index contributed by atoms with van der Waals surface area (Å²) in [5.74, 6) is 0.496. The average molecular weight is 363 g/mol. The first-order valence-electron chi connectivity index (χ1n) is 8.89. The van der Waals surface area contributed by atoms with Crippen LogP contribution in [0.4, 0.5) is 17.2 Å². The zero-order chi connectivity index (χ0) is 18.2. The van der Waals surface area contributed by atoms with Crippen LogP contribution in [0.3, 0.4) is 0 Å². The number of unbranched alkanes of at least 4 members (excludes halogenated alkanes) is 1. The van der Waals surface area contributed by atoms with Crippen LogP contribution in [0.1, 0.15) is 40.0 Å². The third-order valence-electron chi connectivity index (χ3n) is 4.78. The molecule has 6 heteroatoms. The topological polar surface area (TPSA) is 74.4 Å². The zero-order valence-electron chi connectivity index (χ0n) is 15.1. The lowest BCUT2D eigenvalue weighted by molar-refractivity contribution is 0.162. The van der Waals surface area contributed by atoms with E-state index in [2.05, 4.69) is 36.0 Å². The van der Waals surface area contributed by atoms with E-state index in [-0.39, 0.29) is 18.2 Å². The Kier molecular flexibility index (Phi) is 4.98. The lowest BCUT2D eigenvalue weighted by Crippen LogP contribution is -2.43. The largest absolute Gasteiger partial charge is 0.396 e. The van der Waals surface area contributed by atoms with Crippen molar-refractivity contribution in [1.82, 2.24) is 4.98 Å². The Morgan fingerprint density at radius 2 is 2.16 bits per heavy atom. The standard InChI is InChI=1S/C19H27ClN4O/c1-4-5-6-15-23-16-17(24(15)10-19(2,3)11-25)13-8-7-12(20)9-14(13)22-18(16)21/h7-9,15,23,25H,4-6,10-11H2,1-3H3,(H2,21,22). The van der Waals surface area contributed by atoms with Crippen molar-refractivity contribution < 1.29 is 5.11 Å². The van der Waals surface area contributed by atoms with Crippen molar-refractivity contribution >= 4 is 39.7 Å². The highest BCUT2D eigenvalue weighted by Crippen LogP contribution is 2.45. The number of aliphatic hydroxyl groups is 1. The number of rotatable bonds is 6. The van der Waals surface area contributed by atoms with Crippen LogP contribution in [-0.4, -0.2) is 29.4 Å². The molecule has 4 N–H and O–H groups in total. The van der Waals surface area contributed by atoms with E-state index >= 15 is 0 Å². The number of halogens is 1. The lowest BCUT2D eigenvalue weighted by atomic mass is 9.93. The zero-order valence-corrected chi connectivity index (χ0v) is 15.9. The quantitative estimate of drug-likeness (QED) is 0.716. The Morgan fingerprint density at radius 3 is 2.84 bits per heavy atom. The molecule has 0 bridgehead atoms. The Morgan fingerprint density at radius 1 is 1.40 bits per heavy atom. The molecule has 25 heavy (non-hydrogen) atoms. The van der Waals surface area contributed by atoms with Gasteiger partial charge in [-0.3, -0.25) is 0 Å². The van der Waals surface area contributed by atoms with Gasteiger partial charge in [0.25, 0.3) is 0 Å². The van der Waals surface area contributed by atoms with Gasteiger partial charge in [-0.1, -0.05) is 38.8 Å². The molecule has 136 valence electrons. The number of nitrogens with zero attached hydrogens (tertiary/aromatic N) is 2. The molecule has 1 aromatic carbocycles. The molecule has 1 aliphatic heterocycles. The summed E-state index contributed by atoms with van der Waals surface area (Å²) in [5.41, 5.74) is 8.79. The molecule has 0 radical (unpaired) electrons. The van der Waals surface area contributed by atoms with Gasteiger partial charge >= 0.3 is 0 Å². The van der Waals surface area contributed by atoms with Crippen LogP contribution >= 0.6 is 11.6 Å². The van der Waals surface area contributed by atoms with Crippen molar-refractivity contribution in [2.45, 2.75) is 46.2 Å². The Labute approximate surface area is 154 Å². The number of aromatic nitrogens is 1. The van der Waals surface area contributed by atoms with Crippen molar-refractivity contribution in [3.8, 4) is 0 Å². The van der Waals surface area contributed by atoms with Crippen molar-refractivity contribution in [1.29, 1.82) is 0 Å². The summed E-state index contributed by atoms with van der Waals surface area (Å²) < 4.78 is 0. The van der Waals surface area contributed by atoms with Crippen molar-refractivity contribution in [3.63, 3.8) is 0 Å². The van der Waals surface area contributed by atoms with Gasteiger partial charge in [0, 0.05) is 29.0 Å². The molecule has 1 aliphatic rings. The summed E-state index contributed by atoms with van der Waals surface area (Å²) in [6.07, 6.45) is 3.43. The first-order valence-corrected chi connectivity index (χ1v) is 9.27. The molecule has 0 saturated carbocycles. The monoisotopic (exact) mass is 362 g/mol. The second-order valence-electron chi connectivity index (χ2n) is 7.63. The maximum Gasteiger partial charge on any atom is 0.149 e. The molecule has 3 rings (SSSR count).